The first-order valence-electron chi connectivity index (χ1n) is 9.26. The average molecular weight is 336 g/mol. The van der Waals surface area contributed by atoms with Gasteiger partial charge in [0.15, 0.2) is 0 Å². The highest BCUT2D eigenvalue weighted by molar-refractivity contribution is 5.89. The van der Waals surface area contributed by atoms with Crippen molar-refractivity contribution in [2.45, 2.75) is 64.3 Å². The summed E-state index contributed by atoms with van der Waals surface area (Å²) < 4.78 is 0. The molecular formula is C18H28N2O4. The molecule has 2 N–H and O–H groups in total. The third-order valence-corrected chi connectivity index (χ3v) is 6.31. The lowest BCUT2D eigenvalue weighted by Crippen LogP contribution is -2.48. The summed E-state index contributed by atoms with van der Waals surface area (Å²) >= 11 is 0. The maximum absolute atomic E-state index is 12.7. The number of nitrogens with zero attached hydrogens (tertiary/aromatic N) is 1. The van der Waals surface area contributed by atoms with Crippen molar-refractivity contribution in [3.63, 3.8) is 0 Å². The van der Waals surface area contributed by atoms with Crippen LogP contribution in [0.3, 0.4) is 0 Å². The smallest absolute Gasteiger partial charge is 0.311 e. The summed E-state index contributed by atoms with van der Waals surface area (Å²) in [6.45, 7) is 2.51. The average Bonchev–Trinajstić information content (AvgIpc) is 3.21. The van der Waals surface area contributed by atoms with Gasteiger partial charge in [0.1, 0.15) is 6.04 Å². The molecule has 24 heavy (non-hydrogen) atoms. The zero-order valence-corrected chi connectivity index (χ0v) is 14.4. The predicted octanol–water partition coefficient (Wildman–Crippen LogP) is 1.78. The first-order valence-corrected chi connectivity index (χ1v) is 9.26. The standard InChI is InChI=1S/C18H28N2O4/c1-12(19-15(21)13-6-2-3-7-13)16(22)20-10-14-8-4-5-9-18(14,11-20)17(23)24/h12-14H,2-11H2,1H3,(H,19,21)(H,23,24)/t12?,14-,18-/m0/s1. The van der Waals surface area contributed by atoms with Gasteiger partial charge in [0.2, 0.25) is 11.8 Å². The summed E-state index contributed by atoms with van der Waals surface area (Å²) in [5, 5.41) is 12.6. The van der Waals surface area contributed by atoms with Crippen LogP contribution in [-0.2, 0) is 14.4 Å². The summed E-state index contributed by atoms with van der Waals surface area (Å²) in [6, 6.07) is -0.580. The molecule has 6 heteroatoms. The number of amides is 2. The van der Waals surface area contributed by atoms with Crippen LogP contribution >= 0.6 is 0 Å². The van der Waals surface area contributed by atoms with Gasteiger partial charge in [-0.3, -0.25) is 14.4 Å². The van der Waals surface area contributed by atoms with Gasteiger partial charge in [-0.15, -0.1) is 0 Å². The van der Waals surface area contributed by atoms with E-state index in [0.29, 0.717) is 13.0 Å². The van der Waals surface area contributed by atoms with Gasteiger partial charge >= 0.3 is 5.97 Å². The van der Waals surface area contributed by atoms with Crippen LogP contribution in [0.25, 0.3) is 0 Å². The van der Waals surface area contributed by atoms with Crippen LogP contribution in [-0.4, -0.2) is 46.9 Å². The summed E-state index contributed by atoms with van der Waals surface area (Å²) in [4.78, 5) is 38.5. The number of carbonyl (C=O) groups is 3. The van der Waals surface area contributed by atoms with E-state index in [0.717, 1.165) is 44.9 Å². The topological polar surface area (TPSA) is 86.7 Å². The van der Waals surface area contributed by atoms with E-state index >= 15 is 0 Å². The molecule has 3 aliphatic rings. The second-order valence-electron chi connectivity index (χ2n) is 7.83. The Morgan fingerprint density at radius 1 is 1.12 bits per heavy atom. The van der Waals surface area contributed by atoms with Crippen LogP contribution < -0.4 is 5.32 Å². The number of carbonyl (C=O) groups excluding carboxylic acids is 2. The Hall–Kier alpha value is -1.59. The Kier molecular flexibility index (Phi) is 4.83. The summed E-state index contributed by atoms with van der Waals surface area (Å²) in [5.74, 6) is -0.864. The van der Waals surface area contributed by atoms with Crippen molar-refractivity contribution in [1.82, 2.24) is 10.2 Å². The lowest BCUT2D eigenvalue weighted by Gasteiger charge is -2.34. The van der Waals surface area contributed by atoms with E-state index in [1.54, 1.807) is 11.8 Å². The van der Waals surface area contributed by atoms with Crippen molar-refractivity contribution in [2.24, 2.45) is 17.3 Å². The highest BCUT2D eigenvalue weighted by Gasteiger charge is 2.54. The quantitative estimate of drug-likeness (QED) is 0.819. The van der Waals surface area contributed by atoms with Gasteiger partial charge in [-0.1, -0.05) is 25.7 Å². The Morgan fingerprint density at radius 3 is 2.42 bits per heavy atom. The monoisotopic (exact) mass is 336 g/mol. The molecule has 3 rings (SSSR count). The largest absolute Gasteiger partial charge is 0.481 e. The zero-order valence-electron chi connectivity index (χ0n) is 14.4. The maximum Gasteiger partial charge on any atom is 0.311 e. The second-order valence-corrected chi connectivity index (χ2v) is 7.83. The number of fused-ring (bicyclic) bond motifs is 1. The third kappa shape index (κ3) is 3.03. The minimum Gasteiger partial charge on any atom is -0.481 e. The molecule has 3 atom stereocenters. The van der Waals surface area contributed by atoms with Gasteiger partial charge in [-0.05, 0) is 38.5 Å². The first kappa shape index (κ1) is 17.2. The zero-order chi connectivity index (χ0) is 17.3. The fourth-order valence-electron chi connectivity index (χ4n) is 4.83. The molecule has 3 fully saturated rings. The van der Waals surface area contributed by atoms with Crippen molar-refractivity contribution in [2.75, 3.05) is 13.1 Å². The van der Waals surface area contributed by atoms with E-state index in [1.807, 2.05) is 0 Å². The molecule has 0 aromatic rings. The number of hydrogen-bond acceptors (Lipinski definition) is 3. The van der Waals surface area contributed by atoms with E-state index in [9.17, 15) is 19.5 Å². The molecular weight excluding hydrogens is 308 g/mol. The highest BCUT2D eigenvalue weighted by Crippen LogP contribution is 2.47. The Bertz CT molecular complexity index is 529. The second kappa shape index (κ2) is 6.73. The van der Waals surface area contributed by atoms with Crippen molar-refractivity contribution < 1.29 is 19.5 Å². The molecule has 0 aromatic heterocycles. The van der Waals surface area contributed by atoms with Gasteiger partial charge < -0.3 is 15.3 Å². The normalized spacial score (nSPS) is 31.5. The molecule has 1 unspecified atom stereocenters. The van der Waals surface area contributed by atoms with Crippen LogP contribution in [0.1, 0.15) is 58.3 Å². The molecule has 0 aromatic carbocycles. The van der Waals surface area contributed by atoms with E-state index < -0.39 is 17.4 Å². The van der Waals surface area contributed by atoms with Gasteiger partial charge in [0.05, 0.1) is 5.41 Å². The molecule has 0 spiro atoms. The number of rotatable bonds is 4. The number of hydrogen-bond donors (Lipinski definition) is 2. The van der Waals surface area contributed by atoms with E-state index in [2.05, 4.69) is 5.32 Å². The van der Waals surface area contributed by atoms with Crippen LogP contribution in [0.15, 0.2) is 0 Å². The third-order valence-electron chi connectivity index (χ3n) is 6.31. The summed E-state index contributed by atoms with van der Waals surface area (Å²) in [6.07, 6.45) is 7.44. The summed E-state index contributed by atoms with van der Waals surface area (Å²) in [5.41, 5.74) is -0.775. The molecule has 0 radical (unpaired) electrons. The molecule has 1 aliphatic heterocycles. The van der Waals surface area contributed by atoms with Crippen LogP contribution in [0, 0.1) is 17.3 Å². The van der Waals surface area contributed by atoms with Gasteiger partial charge in [-0.2, -0.15) is 0 Å². The van der Waals surface area contributed by atoms with Crippen LogP contribution in [0.2, 0.25) is 0 Å². The molecule has 1 saturated heterocycles. The molecule has 134 valence electrons. The fourth-order valence-corrected chi connectivity index (χ4v) is 4.83. The van der Waals surface area contributed by atoms with Crippen LogP contribution in [0.4, 0.5) is 0 Å². The van der Waals surface area contributed by atoms with Crippen molar-refractivity contribution in [3.05, 3.63) is 0 Å². The number of carboxylic acids is 1. The van der Waals surface area contributed by atoms with Gasteiger partial charge in [0.25, 0.3) is 0 Å². The van der Waals surface area contributed by atoms with Crippen LogP contribution in [0.5, 0.6) is 0 Å². The SMILES string of the molecule is CC(NC(=O)C1CCCC1)C(=O)N1C[C@@H]2CCCC[C@]2(C(=O)O)C1. The lowest BCUT2D eigenvalue weighted by atomic mass is 9.68. The molecule has 0 bridgehead atoms. The van der Waals surface area contributed by atoms with Crippen molar-refractivity contribution in [3.8, 4) is 0 Å². The Labute approximate surface area is 143 Å². The Balaban J connectivity index is 1.62. The number of aliphatic carboxylic acids is 1. The van der Waals surface area contributed by atoms with E-state index in [-0.39, 0.29) is 30.2 Å². The highest BCUT2D eigenvalue weighted by atomic mass is 16.4. The molecule has 2 aliphatic carbocycles. The number of likely N-dealkylation sites (tertiary alicyclic amines) is 1. The van der Waals surface area contributed by atoms with Crippen molar-refractivity contribution in [1.29, 1.82) is 0 Å². The van der Waals surface area contributed by atoms with E-state index in [4.69, 9.17) is 0 Å². The minimum absolute atomic E-state index is 0.0297. The molecule has 2 amide bonds. The van der Waals surface area contributed by atoms with Gasteiger partial charge in [0, 0.05) is 19.0 Å². The van der Waals surface area contributed by atoms with Gasteiger partial charge in [-0.25, -0.2) is 0 Å². The number of carboxylic acid groups (broad SMARTS) is 1. The lowest BCUT2D eigenvalue weighted by molar-refractivity contribution is -0.152. The fraction of sp³-hybridized carbons (Fsp3) is 0.833. The molecule has 2 saturated carbocycles. The van der Waals surface area contributed by atoms with E-state index in [1.165, 1.54) is 0 Å². The predicted molar refractivity (Wildman–Crippen MR) is 88.2 cm³/mol. The molecule has 6 nitrogen and oxygen atoms in total. The summed E-state index contributed by atoms with van der Waals surface area (Å²) in [7, 11) is 0. The maximum atomic E-state index is 12.7. The first-order chi connectivity index (χ1) is 11.4. The molecule has 1 heterocycles. The minimum atomic E-state index is -0.775. The number of nitrogens with one attached hydrogen (secondary N) is 1. The Morgan fingerprint density at radius 2 is 1.79 bits per heavy atom. The van der Waals surface area contributed by atoms with Crippen molar-refractivity contribution >= 4 is 17.8 Å².